The van der Waals surface area contributed by atoms with Gasteiger partial charge in [0.05, 0.1) is 0 Å². The number of hydrogen-bond donors (Lipinski definition) is 1. The maximum Gasteiger partial charge on any atom is 0.0461 e. The normalized spacial score (nSPS) is 12.4. The molecule has 0 aliphatic carbocycles. The van der Waals surface area contributed by atoms with Crippen molar-refractivity contribution in [1.82, 2.24) is 5.32 Å². The van der Waals surface area contributed by atoms with Crippen LogP contribution in [0.15, 0.2) is 47.4 Å². The van der Waals surface area contributed by atoms with Gasteiger partial charge in [-0.1, -0.05) is 48.3 Å². The number of halogens is 2. The van der Waals surface area contributed by atoms with Crippen LogP contribution in [0.3, 0.4) is 0 Å². The average Bonchev–Trinajstić information content (AvgIpc) is 2.47. The summed E-state index contributed by atoms with van der Waals surface area (Å²) in [5.74, 6) is 0.842. The maximum atomic E-state index is 6.21. The van der Waals surface area contributed by atoms with Gasteiger partial charge in [0.25, 0.3) is 0 Å². The van der Waals surface area contributed by atoms with E-state index in [9.17, 15) is 0 Å². The lowest BCUT2D eigenvalue weighted by atomic mass is 10.1. The van der Waals surface area contributed by atoms with Gasteiger partial charge < -0.3 is 5.32 Å². The van der Waals surface area contributed by atoms with E-state index >= 15 is 0 Å². The highest BCUT2D eigenvalue weighted by Crippen LogP contribution is 2.29. The summed E-state index contributed by atoms with van der Waals surface area (Å²) in [7, 11) is 0. The Hall–Kier alpha value is -0.670. The first-order chi connectivity index (χ1) is 10.1. The summed E-state index contributed by atoms with van der Waals surface area (Å²) in [5, 5.41) is 4.84. The minimum atomic E-state index is 0.370. The van der Waals surface area contributed by atoms with E-state index in [0.29, 0.717) is 11.1 Å². The van der Waals surface area contributed by atoms with Crippen LogP contribution in [0.4, 0.5) is 0 Å². The predicted octanol–water partition coefficient (Wildman–Crippen LogP) is 5.96. The van der Waals surface area contributed by atoms with Crippen LogP contribution >= 0.6 is 35.0 Å². The van der Waals surface area contributed by atoms with E-state index in [1.54, 1.807) is 17.8 Å². The Morgan fingerprint density at radius 1 is 1.14 bits per heavy atom. The zero-order valence-corrected chi connectivity index (χ0v) is 14.5. The first kappa shape index (κ1) is 16.7. The van der Waals surface area contributed by atoms with Crippen molar-refractivity contribution in [3.05, 3.63) is 63.6 Å². The molecule has 0 aromatic heterocycles. The molecule has 0 saturated heterocycles. The molecule has 0 amide bonds. The van der Waals surface area contributed by atoms with E-state index in [2.05, 4.69) is 43.4 Å². The lowest BCUT2D eigenvalue weighted by Crippen LogP contribution is -2.17. The van der Waals surface area contributed by atoms with Crippen LogP contribution in [0.1, 0.15) is 31.0 Å². The number of benzene rings is 2. The molecule has 2 aromatic rings. The molecule has 0 aliphatic rings. The molecule has 2 aromatic carbocycles. The fourth-order valence-corrected chi connectivity index (χ4v) is 3.62. The van der Waals surface area contributed by atoms with Crippen molar-refractivity contribution in [3.63, 3.8) is 0 Å². The van der Waals surface area contributed by atoms with Gasteiger partial charge in [-0.3, -0.25) is 0 Å². The van der Waals surface area contributed by atoms with E-state index in [0.717, 1.165) is 22.9 Å². The third kappa shape index (κ3) is 4.93. The molecule has 0 heterocycles. The van der Waals surface area contributed by atoms with Gasteiger partial charge in [0, 0.05) is 26.7 Å². The van der Waals surface area contributed by atoms with Crippen LogP contribution in [0.2, 0.25) is 10.0 Å². The van der Waals surface area contributed by atoms with Crippen molar-refractivity contribution in [2.75, 3.05) is 6.54 Å². The molecule has 0 radical (unpaired) electrons. The van der Waals surface area contributed by atoms with Crippen molar-refractivity contribution >= 4 is 35.0 Å². The summed E-state index contributed by atoms with van der Waals surface area (Å²) < 4.78 is 0. The van der Waals surface area contributed by atoms with Gasteiger partial charge in [0.15, 0.2) is 0 Å². The van der Waals surface area contributed by atoms with Crippen molar-refractivity contribution in [2.45, 2.75) is 30.5 Å². The van der Waals surface area contributed by atoms with Gasteiger partial charge in [0.2, 0.25) is 0 Å². The molecule has 1 nitrogen and oxygen atoms in total. The fraction of sp³-hybridized carbons (Fsp3) is 0.294. The van der Waals surface area contributed by atoms with Gasteiger partial charge in [-0.05, 0) is 48.9 Å². The highest BCUT2D eigenvalue weighted by Gasteiger charge is 2.06. The minimum absolute atomic E-state index is 0.370. The summed E-state index contributed by atoms with van der Waals surface area (Å²) in [6, 6.07) is 14.7. The predicted molar refractivity (Wildman–Crippen MR) is 94.6 cm³/mol. The van der Waals surface area contributed by atoms with Crippen molar-refractivity contribution in [3.8, 4) is 0 Å². The molecular formula is C17H19Cl2NS. The molecule has 2 rings (SSSR count). The van der Waals surface area contributed by atoms with E-state index in [1.807, 2.05) is 12.1 Å². The molecule has 0 fully saturated rings. The van der Waals surface area contributed by atoms with E-state index in [1.165, 1.54) is 10.5 Å². The van der Waals surface area contributed by atoms with Crippen LogP contribution in [0.5, 0.6) is 0 Å². The zero-order valence-electron chi connectivity index (χ0n) is 12.2. The Balaban J connectivity index is 2.04. The number of nitrogens with one attached hydrogen (secondary N) is 1. The molecule has 0 spiro atoms. The molecule has 1 unspecified atom stereocenters. The van der Waals surface area contributed by atoms with Gasteiger partial charge in [-0.25, -0.2) is 0 Å². The molecule has 4 heteroatoms. The van der Waals surface area contributed by atoms with E-state index in [4.69, 9.17) is 23.2 Å². The van der Waals surface area contributed by atoms with Gasteiger partial charge in [0.1, 0.15) is 0 Å². The highest BCUT2D eigenvalue weighted by atomic mass is 35.5. The molecule has 21 heavy (non-hydrogen) atoms. The summed E-state index contributed by atoms with van der Waals surface area (Å²) >= 11 is 13.9. The molecule has 112 valence electrons. The van der Waals surface area contributed by atoms with Crippen LogP contribution in [0.25, 0.3) is 0 Å². The standard InChI is InChI=1S/C17H19Cl2NS/c1-3-20-12(2)13-5-4-6-16(9-13)21-11-14-7-8-15(18)10-17(14)19/h4-10,12,20H,3,11H2,1-2H3. The summed E-state index contributed by atoms with van der Waals surface area (Å²) in [6.07, 6.45) is 0. The number of hydrogen-bond acceptors (Lipinski definition) is 2. The number of thioether (sulfide) groups is 1. The fourth-order valence-electron chi connectivity index (χ4n) is 2.10. The number of rotatable bonds is 6. The van der Waals surface area contributed by atoms with Gasteiger partial charge in [-0.15, -0.1) is 11.8 Å². The molecule has 0 aliphatic heterocycles. The largest absolute Gasteiger partial charge is 0.310 e. The van der Waals surface area contributed by atoms with Gasteiger partial charge >= 0.3 is 0 Å². The third-order valence-electron chi connectivity index (χ3n) is 3.28. The maximum absolute atomic E-state index is 6.21. The van der Waals surface area contributed by atoms with Crippen LogP contribution in [-0.4, -0.2) is 6.54 Å². The molecular weight excluding hydrogens is 321 g/mol. The Kier molecular flexibility index (Phi) is 6.43. The Labute approximate surface area is 141 Å². The second-order valence-corrected chi connectivity index (χ2v) is 6.77. The van der Waals surface area contributed by atoms with Crippen LogP contribution in [-0.2, 0) is 5.75 Å². The second kappa shape index (κ2) is 8.09. The summed E-state index contributed by atoms with van der Waals surface area (Å²) in [6.45, 7) is 5.28. The minimum Gasteiger partial charge on any atom is -0.310 e. The summed E-state index contributed by atoms with van der Waals surface area (Å²) in [5.41, 5.74) is 2.42. The molecule has 0 saturated carbocycles. The lowest BCUT2D eigenvalue weighted by molar-refractivity contribution is 0.597. The highest BCUT2D eigenvalue weighted by molar-refractivity contribution is 7.98. The lowest BCUT2D eigenvalue weighted by Gasteiger charge is -2.14. The third-order valence-corrected chi connectivity index (χ3v) is 4.91. The smallest absolute Gasteiger partial charge is 0.0461 e. The Morgan fingerprint density at radius 3 is 2.67 bits per heavy atom. The Morgan fingerprint density at radius 2 is 1.95 bits per heavy atom. The van der Waals surface area contributed by atoms with Crippen molar-refractivity contribution in [2.24, 2.45) is 0 Å². The molecule has 1 N–H and O–H groups in total. The van der Waals surface area contributed by atoms with Crippen molar-refractivity contribution in [1.29, 1.82) is 0 Å². The van der Waals surface area contributed by atoms with Crippen LogP contribution in [0, 0.1) is 0 Å². The molecule has 0 bridgehead atoms. The van der Waals surface area contributed by atoms with Crippen molar-refractivity contribution < 1.29 is 0 Å². The first-order valence-electron chi connectivity index (χ1n) is 7.00. The zero-order chi connectivity index (χ0) is 15.2. The van der Waals surface area contributed by atoms with E-state index < -0.39 is 0 Å². The van der Waals surface area contributed by atoms with Crippen LogP contribution < -0.4 is 5.32 Å². The monoisotopic (exact) mass is 339 g/mol. The Bertz CT molecular complexity index is 601. The average molecular weight is 340 g/mol. The first-order valence-corrected chi connectivity index (χ1v) is 8.74. The summed E-state index contributed by atoms with van der Waals surface area (Å²) in [4.78, 5) is 1.25. The topological polar surface area (TPSA) is 12.0 Å². The van der Waals surface area contributed by atoms with E-state index in [-0.39, 0.29) is 0 Å². The second-order valence-electron chi connectivity index (χ2n) is 4.88. The quantitative estimate of drug-likeness (QED) is 0.652. The molecule has 1 atom stereocenters. The SMILES string of the molecule is CCNC(C)c1cccc(SCc2ccc(Cl)cc2Cl)c1. The van der Waals surface area contributed by atoms with Gasteiger partial charge in [-0.2, -0.15) is 0 Å².